The molecule has 0 aliphatic carbocycles. The zero-order valence-electron chi connectivity index (χ0n) is 41.3. The topological polar surface area (TPSA) is 17.8 Å². The minimum absolute atomic E-state index is 0.909. The lowest BCUT2D eigenvalue weighted by Gasteiger charge is -2.42. The molecule has 11 aromatic carbocycles. The molecule has 13 rings (SSSR count). The smallest absolute Gasteiger partial charge is 0.179 e. The van der Waals surface area contributed by atoms with Crippen molar-refractivity contribution in [2.75, 3.05) is 0 Å². The molecule has 2 aromatic heterocycles. The van der Waals surface area contributed by atoms with Gasteiger partial charge in [0.2, 0.25) is 0 Å². The molecule has 0 unspecified atom stereocenters. The highest BCUT2D eigenvalue weighted by molar-refractivity contribution is 8.34. The van der Waals surface area contributed by atoms with Crippen LogP contribution in [0.2, 0.25) is 0 Å². The molecule has 13 aromatic rings. The van der Waals surface area contributed by atoms with Crippen LogP contribution in [0.3, 0.4) is 0 Å². The van der Waals surface area contributed by atoms with E-state index in [9.17, 15) is 0 Å². The van der Waals surface area contributed by atoms with Gasteiger partial charge in [-0.05, 0) is 111 Å². The summed E-state index contributed by atoms with van der Waals surface area (Å²) in [6.45, 7) is 0. The van der Waals surface area contributed by atoms with E-state index >= 15 is 0 Å². The molecule has 0 saturated carbocycles. The molecule has 0 bridgehead atoms. The highest BCUT2D eigenvalue weighted by atomic mass is 32.3. The maximum Gasteiger partial charge on any atom is 0.179 e. The Bertz CT molecular complexity index is 3680. The van der Waals surface area contributed by atoms with Gasteiger partial charge in [-0.25, -0.2) is 4.98 Å². The maximum atomic E-state index is 5.64. The zero-order valence-corrected chi connectivity index (χ0v) is 43.1. The molecular formula is C71H52N2SSi. The molecule has 0 radical (unpaired) electrons. The average Bonchev–Trinajstić information content (AvgIpc) is 3.84. The molecular weight excluding hydrogens is 941 g/mol. The summed E-state index contributed by atoms with van der Waals surface area (Å²) in [7, 11) is -4.62. The van der Waals surface area contributed by atoms with Crippen molar-refractivity contribution >= 4 is 60.7 Å². The number of hydrogen-bond donors (Lipinski definition) is 0. The largest absolute Gasteiger partial charge is 0.309 e. The summed E-state index contributed by atoms with van der Waals surface area (Å²) >= 11 is 0. The van der Waals surface area contributed by atoms with Crippen LogP contribution in [-0.2, 0) is 0 Å². The van der Waals surface area contributed by atoms with Crippen molar-refractivity contribution in [3.63, 3.8) is 0 Å². The van der Waals surface area contributed by atoms with Gasteiger partial charge < -0.3 is 4.57 Å². The van der Waals surface area contributed by atoms with Crippen molar-refractivity contribution in [2.24, 2.45) is 0 Å². The number of fused-ring (bicyclic) bond motifs is 3. The van der Waals surface area contributed by atoms with Crippen molar-refractivity contribution in [1.29, 1.82) is 0 Å². The standard InChI is InChI=1S/C71H52N2SSi/c1-8-24-53(25-9-1)56-44-49-71-67(50-56)66-38-22-23-39-70(66)73(71)57-51-68(54-40-45-61(46-41-54)74(58-26-10-2-11-27-58,59-28-12-3-13-29-59)60-30-14-4-15-31-60)72-69(52-57)55-42-47-65(48-43-55)75(62-32-16-5-17-33-62,63-34-18-6-19-35-63)64-36-20-7-21-37-64/h1-52H. The minimum atomic E-state index is -2.75. The Hall–Kier alpha value is -9.06. The summed E-state index contributed by atoms with van der Waals surface area (Å²) in [5.41, 5.74) is 9.69. The Kier molecular flexibility index (Phi) is 12.1. The molecule has 0 N–H and O–H groups in total. The van der Waals surface area contributed by atoms with E-state index in [4.69, 9.17) is 4.98 Å². The SMILES string of the molecule is c1ccc(-c2ccc3c(c2)c2ccccc2n3-c2cc(-c3ccc([Si](c4ccccc4)(c4ccccc4)c4ccccc4)cc3)nc(-c3ccc(S(c4ccccc4)(c4ccccc4)c4ccccc4)cc3)c2)cc1. The van der Waals surface area contributed by atoms with E-state index in [1.54, 1.807) is 0 Å². The molecule has 0 aliphatic rings. The zero-order chi connectivity index (χ0) is 50.0. The fourth-order valence-electron chi connectivity index (χ4n) is 11.5. The Morgan fingerprint density at radius 2 is 0.627 bits per heavy atom. The van der Waals surface area contributed by atoms with Gasteiger partial charge in [0.05, 0.1) is 28.1 Å². The van der Waals surface area contributed by atoms with Gasteiger partial charge in [-0.2, -0.15) is 0 Å². The highest BCUT2D eigenvalue weighted by Gasteiger charge is 2.41. The first-order valence-corrected chi connectivity index (χ1v) is 29.3. The molecule has 0 spiro atoms. The number of para-hydroxylation sites is 1. The Morgan fingerprint density at radius 3 is 1.11 bits per heavy atom. The monoisotopic (exact) mass is 992 g/mol. The van der Waals surface area contributed by atoms with E-state index < -0.39 is 18.1 Å². The molecule has 0 aliphatic heterocycles. The van der Waals surface area contributed by atoms with Gasteiger partial charge >= 0.3 is 0 Å². The fraction of sp³-hybridized carbons (Fsp3) is 0. The van der Waals surface area contributed by atoms with Crippen LogP contribution in [0.1, 0.15) is 0 Å². The third kappa shape index (κ3) is 8.03. The van der Waals surface area contributed by atoms with Gasteiger partial charge in [-0.3, -0.25) is 0 Å². The van der Waals surface area contributed by atoms with Crippen molar-refractivity contribution in [2.45, 2.75) is 19.6 Å². The van der Waals surface area contributed by atoms with E-state index in [1.807, 2.05) is 0 Å². The first-order chi connectivity index (χ1) is 37.2. The molecule has 4 heteroatoms. The molecule has 2 heterocycles. The number of pyridine rings is 1. The highest BCUT2D eigenvalue weighted by Crippen LogP contribution is 2.73. The molecule has 0 amide bonds. The van der Waals surface area contributed by atoms with Gasteiger partial charge in [0.25, 0.3) is 0 Å². The van der Waals surface area contributed by atoms with Crippen molar-refractivity contribution in [3.8, 4) is 39.3 Å². The van der Waals surface area contributed by atoms with E-state index in [0.717, 1.165) is 39.2 Å². The Balaban J connectivity index is 1.01. The van der Waals surface area contributed by atoms with Crippen LogP contribution < -0.4 is 20.7 Å². The second kappa shape index (κ2) is 19.7. The quantitative estimate of drug-likeness (QED) is 0.0881. The number of hydrogen-bond acceptors (Lipinski definition) is 1. The number of rotatable bonds is 12. The number of aromatic nitrogens is 2. The van der Waals surface area contributed by atoms with Crippen LogP contribution in [0.25, 0.3) is 61.1 Å². The third-order valence-electron chi connectivity index (χ3n) is 14.9. The van der Waals surface area contributed by atoms with E-state index in [2.05, 4.69) is 320 Å². The van der Waals surface area contributed by atoms with Gasteiger partial charge in [0.1, 0.15) is 0 Å². The molecule has 2 nitrogen and oxygen atoms in total. The Labute approximate surface area is 441 Å². The first kappa shape index (κ1) is 45.8. The average molecular weight is 993 g/mol. The minimum Gasteiger partial charge on any atom is -0.309 e. The molecule has 356 valence electrons. The molecule has 0 atom stereocenters. The van der Waals surface area contributed by atoms with E-state index in [0.29, 0.717) is 0 Å². The number of benzene rings is 11. The summed E-state index contributed by atoms with van der Waals surface area (Å²) in [6.07, 6.45) is 0. The summed E-state index contributed by atoms with van der Waals surface area (Å²) in [6, 6.07) is 116. The lowest BCUT2D eigenvalue weighted by atomic mass is 10.0. The maximum absolute atomic E-state index is 5.64. The van der Waals surface area contributed by atoms with Gasteiger partial charge in [0.15, 0.2) is 8.07 Å². The van der Waals surface area contributed by atoms with Crippen molar-refractivity contribution in [1.82, 2.24) is 9.55 Å². The van der Waals surface area contributed by atoms with Crippen LogP contribution in [-0.4, -0.2) is 17.6 Å². The van der Waals surface area contributed by atoms with Crippen molar-refractivity contribution < 1.29 is 0 Å². The van der Waals surface area contributed by atoms with Crippen LogP contribution in [0.4, 0.5) is 0 Å². The second-order valence-corrected chi connectivity index (χ2v) is 26.0. The Morgan fingerprint density at radius 1 is 0.267 bits per heavy atom. The summed E-state index contributed by atoms with van der Waals surface area (Å²) in [5.74, 6) is 0. The van der Waals surface area contributed by atoms with Gasteiger partial charge in [-0.1, -0.05) is 237 Å². The molecule has 0 fully saturated rings. The third-order valence-corrected chi connectivity index (χ3v) is 23.6. The van der Waals surface area contributed by atoms with Crippen LogP contribution >= 0.6 is 10.0 Å². The summed E-state index contributed by atoms with van der Waals surface area (Å²) in [5, 5.41) is 7.79. The summed E-state index contributed by atoms with van der Waals surface area (Å²) < 4.78 is 2.43. The summed E-state index contributed by atoms with van der Waals surface area (Å²) in [4.78, 5) is 10.8. The predicted molar refractivity (Wildman–Crippen MR) is 318 cm³/mol. The predicted octanol–water partition coefficient (Wildman–Crippen LogP) is 15.9. The van der Waals surface area contributed by atoms with Gasteiger partial charge in [-0.15, -0.1) is 10.0 Å². The van der Waals surface area contributed by atoms with Crippen molar-refractivity contribution in [3.05, 3.63) is 315 Å². The number of nitrogens with zero attached hydrogens (tertiary/aromatic N) is 2. The second-order valence-electron chi connectivity index (χ2n) is 19.0. The van der Waals surface area contributed by atoms with Crippen LogP contribution in [0.15, 0.2) is 335 Å². The lowest BCUT2D eigenvalue weighted by Crippen LogP contribution is -2.74. The molecule has 75 heavy (non-hydrogen) atoms. The van der Waals surface area contributed by atoms with E-state index in [-0.39, 0.29) is 0 Å². The normalized spacial score (nSPS) is 11.9. The van der Waals surface area contributed by atoms with Gasteiger partial charge in [0, 0.05) is 41.5 Å². The van der Waals surface area contributed by atoms with E-state index in [1.165, 1.54) is 62.2 Å². The lowest BCUT2D eigenvalue weighted by molar-refractivity contribution is 1.16. The molecule has 0 saturated heterocycles. The van der Waals surface area contributed by atoms with Crippen LogP contribution in [0, 0.1) is 0 Å². The van der Waals surface area contributed by atoms with Crippen LogP contribution in [0.5, 0.6) is 0 Å². The first-order valence-electron chi connectivity index (χ1n) is 25.7. The fourth-order valence-corrected chi connectivity index (χ4v) is 20.1.